The standard InChI is InChI=1S/C21H33NO3/c1-6-13-24-19-15-18(8-7-16(19)2)14-17-9-11-22(12-10-17)20(23)25-21(3,4)5/h7-8,15,17H,6,9-14H2,1-5H3. The zero-order chi connectivity index (χ0) is 18.4. The predicted molar refractivity (Wildman–Crippen MR) is 101 cm³/mol. The fourth-order valence-electron chi connectivity index (χ4n) is 3.12. The van der Waals surface area contributed by atoms with Gasteiger partial charge in [0.1, 0.15) is 11.4 Å². The number of nitrogens with zero attached hydrogens (tertiary/aromatic N) is 1. The smallest absolute Gasteiger partial charge is 0.410 e. The van der Waals surface area contributed by atoms with Gasteiger partial charge in [0.25, 0.3) is 0 Å². The van der Waals surface area contributed by atoms with Crippen LogP contribution in [0.1, 0.15) is 58.1 Å². The van der Waals surface area contributed by atoms with Crippen molar-refractivity contribution in [2.24, 2.45) is 5.92 Å². The van der Waals surface area contributed by atoms with Crippen LogP contribution in [0.15, 0.2) is 18.2 Å². The summed E-state index contributed by atoms with van der Waals surface area (Å²) in [5.41, 5.74) is 2.09. The summed E-state index contributed by atoms with van der Waals surface area (Å²) in [6, 6.07) is 6.54. The molecule has 1 saturated heterocycles. The minimum Gasteiger partial charge on any atom is -0.493 e. The molecule has 1 aliphatic rings. The second-order valence-electron chi connectivity index (χ2n) is 8.06. The third-order valence-corrected chi connectivity index (χ3v) is 4.50. The molecule has 0 atom stereocenters. The molecule has 1 amide bonds. The molecule has 0 aromatic heterocycles. The van der Waals surface area contributed by atoms with E-state index in [1.807, 2.05) is 25.7 Å². The van der Waals surface area contributed by atoms with E-state index in [0.717, 1.165) is 51.1 Å². The molecule has 4 nitrogen and oxygen atoms in total. The van der Waals surface area contributed by atoms with E-state index in [1.165, 1.54) is 11.1 Å². The molecule has 140 valence electrons. The van der Waals surface area contributed by atoms with E-state index in [4.69, 9.17) is 9.47 Å². The average Bonchev–Trinajstić information content (AvgIpc) is 2.54. The number of hydrogen-bond donors (Lipinski definition) is 0. The highest BCUT2D eigenvalue weighted by Gasteiger charge is 2.26. The lowest BCUT2D eigenvalue weighted by Gasteiger charge is -2.33. The summed E-state index contributed by atoms with van der Waals surface area (Å²) < 4.78 is 11.3. The molecule has 1 aliphatic heterocycles. The van der Waals surface area contributed by atoms with E-state index in [-0.39, 0.29) is 6.09 Å². The van der Waals surface area contributed by atoms with Crippen LogP contribution < -0.4 is 4.74 Å². The van der Waals surface area contributed by atoms with Crippen LogP contribution in [0.25, 0.3) is 0 Å². The van der Waals surface area contributed by atoms with Crippen molar-refractivity contribution < 1.29 is 14.3 Å². The molecular weight excluding hydrogens is 314 g/mol. The Morgan fingerprint density at radius 2 is 1.92 bits per heavy atom. The van der Waals surface area contributed by atoms with Gasteiger partial charge in [0.05, 0.1) is 6.61 Å². The van der Waals surface area contributed by atoms with Gasteiger partial charge in [-0.3, -0.25) is 0 Å². The number of carbonyl (C=O) groups is 1. The zero-order valence-corrected chi connectivity index (χ0v) is 16.4. The predicted octanol–water partition coefficient (Wildman–Crippen LogP) is 4.97. The molecule has 1 aromatic carbocycles. The number of likely N-dealkylation sites (tertiary alicyclic amines) is 1. The summed E-state index contributed by atoms with van der Waals surface area (Å²) >= 11 is 0. The maximum absolute atomic E-state index is 12.1. The molecular formula is C21H33NO3. The lowest BCUT2D eigenvalue weighted by molar-refractivity contribution is 0.0184. The SMILES string of the molecule is CCCOc1cc(CC2CCN(C(=O)OC(C)(C)C)CC2)ccc1C. The Labute approximate surface area is 152 Å². The summed E-state index contributed by atoms with van der Waals surface area (Å²) in [5.74, 6) is 1.62. The lowest BCUT2D eigenvalue weighted by Crippen LogP contribution is -2.42. The van der Waals surface area contributed by atoms with Gasteiger partial charge in [0.15, 0.2) is 0 Å². The Morgan fingerprint density at radius 3 is 2.52 bits per heavy atom. The summed E-state index contributed by atoms with van der Waals surface area (Å²) in [7, 11) is 0. The highest BCUT2D eigenvalue weighted by atomic mass is 16.6. The van der Waals surface area contributed by atoms with E-state index >= 15 is 0 Å². The number of piperidine rings is 1. The summed E-state index contributed by atoms with van der Waals surface area (Å²) in [4.78, 5) is 14.0. The van der Waals surface area contributed by atoms with Gasteiger partial charge in [0, 0.05) is 13.1 Å². The number of amides is 1. The number of rotatable bonds is 5. The van der Waals surface area contributed by atoms with E-state index < -0.39 is 5.60 Å². The maximum Gasteiger partial charge on any atom is 0.410 e. The molecule has 0 N–H and O–H groups in total. The van der Waals surface area contributed by atoms with Crippen molar-refractivity contribution in [1.29, 1.82) is 0 Å². The Kier molecular flexibility index (Phi) is 6.74. The summed E-state index contributed by atoms with van der Waals surface area (Å²) in [6.45, 7) is 12.3. The third-order valence-electron chi connectivity index (χ3n) is 4.50. The van der Waals surface area contributed by atoms with Crippen LogP contribution in [0.5, 0.6) is 5.75 Å². The van der Waals surface area contributed by atoms with Gasteiger partial charge < -0.3 is 14.4 Å². The van der Waals surface area contributed by atoms with Crippen molar-refractivity contribution in [2.75, 3.05) is 19.7 Å². The van der Waals surface area contributed by atoms with Crippen molar-refractivity contribution in [3.8, 4) is 5.75 Å². The van der Waals surface area contributed by atoms with Gasteiger partial charge in [-0.1, -0.05) is 19.1 Å². The molecule has 4 heteroatoms. The lowest BCUT2D eigenvalue weighted by atomic mass is 9.90. The highest BCUT2D eigenvalue weighted by Crippen LogP contribution is 2.26. The Balaban J connectivity index is 1.86. The molecule has 25 heavy (non-hydrogen) atoms. The topological polar surface area (TPSA) is 38.8 Å². The van der Waals surface area contributed by atoms with Gasteiger partial charge >= 0.3 is 6.09 Å². The summed E-state index contributed by atoms with van der Waals surface area (Å²) in [5, 5.41) is 0. The second-order valence-corrected chi connectivity index (χ2v) is 8.06. The molecule has 2 rings (SSSR count). The number of hydrogen-bond acceptors (Lipinski definition) is 3. The normalized spacial score (nSPS) is 16.0. The molecule has 0 bridgehead atoms. The first-order valence-corrected chi connectivity index (χ1v) is 9.48. The second kappa shape index (κ2) is 8.59. The van der Waals surface area contributed by atoms with Gasteiger partial charge in [-0.25, -0.2) is 4.79 Å². The fourth-order valence-corrected chi connectivity index (χ4v) is 3.12. The molecule has 0 radical (unpaired) electrons. The van der Waals surface area contributed by atoms with Crippen LogP contribution in [0.4, 0.5) is 4.79 Å². The van der Waals surface area contributed by atoms with Crippen LogP contribution in [0, 0.1) is 12.8 Å². The molecule has 1 heterocycles. The quantitative estimate of drug-likeness (QED) is 0.754. The minimum atomic E-state index is -0.426. The number of ether oxygens (including phenoxy) is 2. The maximum atomic E-state index is 12.1. The third kappa shape index (κ3) is 6.26. The van der Waals surface area contributed by atoms with Crippen molar-refractivity contribution in [1.82, 2.24) is 4.90 Å². The Bertz CT molecular complexity index is 569. The summed E-state index contributed by atoms with van der Waals surface area (Å²) in [6.07, 6.45) is 3.94. The monoisotopic (exact) mass is 347 g/mol. The minimum absolute atomic E-state index is 0.184. The number of benzene rings is 1. The van der Waals surface area contributed by atoms with Gasteiger partial charge in [0.2, 0.25) is 0 Å². The van der Waals surface area contributed by atoms with Crippen molar-refractivity contribution in [3.05, 3.63) is 29.3 Å². The molecule has 1 fully saturated rings. The van der Waals surface area contributed by atoms with E-state index in [2.05, 4.69) is 32.0 Å². The Hall–Kier alpha value is -1.71. The van der Waals surface area contributed by atoms with Crippen LogP contribution >= 0.6 is 0 Å². The highest BCUT2D eigenvalue weighted by molar-refractivity contribution is 5.68. The zero-order valence-electron chi connectivity index (χ0n) is 16.4. The van der Waals surface area contributed by atoms with E-state index in [1.54, 1.807) is 0 Å². The molecule has 0 spiro atoms. The first-order valence-electron chi connectivity index (χ1n) is 9.48. The van der Waals surface area contributed by atoms with Crippen molar-refractivity contribution in [2.45, 2.75) is 65.9 Å². The van der Waals surface area contributed by atoms with Crippen molar-refractivity contribution >= 4 is 6.09 Å². The van der Waals surface area contributed by atoms with Crippen LogP contribution in [0.2, 0.25) is 0 Å². The number of aryl methyl sites for hydroxylation is 1. The Morgan fingerprint density at radius 1 is 1.24 bits per heavy atom. The van der Waals surface area contributed by atoms with E-state index in [0.29, 0.717) is 5.92 Å². The number of carbonyl (C=O) groups excluding carboxylic acids is 1. The van der Waals surface area contributed by atoms with Gasteiger partial charge in [-0.05, 0) is 76.5 Å². The van der Waals surface area contributed by atoms with Gasteiger partial charge in [-0.15, -0.1) is 0 Å². The van der Waals surface area contributed by atoms with Gasteiger partial charge in [-0.2, -0.15) is 0 Å². The molecule has 0 saturated carbocycles. The molecule has 1 aromatic rings. The first-order chi connectivity index (χ1) is 11.8. The first kappa shape index (κ1) is 19.6. The van der Waals surface area contributed by atoms with Crippen LogP contribution in [0.3, 0.4) is 0 Å². The van der Waals surface area contributed by atoms with Crippen LogP contribution in [-0.4, -0.2) is 36.3 Å². The largest absolute Gasteiger partial charge is 0.493 e. The van der Waals surface area contributed by atoms with Crippen molar-refractivity contribution in [3.63, 3.8) is 0 Å². The fraction of sp³-hybridized carbons (Fsp3) is 0.667. The van der Waals surface area contributed by atoms with Crippen LogP contribution in [-0.2, 0) is 11.2 Å². The molecule has 0 unspecified atom stereocenters. The average molecular weight is 347 g/mol. The molecule has 0 aliphatic carbocycles. The van der Waals surface area contributed by atoms with E-state index in [9.17, 15) is 4.79 Å².